The highest BCUT2D eigenvalue weighted by molar-refractivity contribution is 7.89. The van der Waals surface area contributed by atoms with Crippen LogP contribution in [0.4, 0.5) is 4.39 Å². The minimum absolute atomic E-state index is 0.0290. The van der Waals surface area contributed by atoms with E-state index in [4.69, 9.17) is 0 Å². The summed E-state index contributed by atoms with van der Waals surface area (Å²) in [5, 5.41) is 0. The molecule has 1 heterocycles. The number of imidazole rings is 1. The lowest BCUT2D eigenvalue weighted by Crippen LogP contribution is -2.33. The molecule has 1 aliphatic carbocycles. The molecule has 1 aliphatic rings. The number of sulfonamides is 1. The molecule has 0 saturated heterocycles. The molecule has 0 radical (unpaired) electrons. The van der Waals surface area contributed by atoms with Crippen molar-refractivity contribution >= 4 is 27.0 Å². The van der Waals surface area contributed by atoms with Gasteiger partial charge >= 0.3 is 0 Å². The first-order valence-electron chi connectivity index (χ1n) is 10.6. The van der Waals surface area contributed by atoms with Crippen LogP contribution in [0, 0.1) is 5.82 Å². The first-order chi connectivity index (χ1) is 15.2. The van der Waals surface area contributed by atoms with Crippen LogP contribution in [-0.4, -0.2) is 53.2 Å². The van der Waals surface area contributed by atoms with Gasteiger partial charge in [-0.2, -0.15) is 0 Å². The number of benzene rings is 2. The highest BCUT2D eigenvalue weighted by Gasteiger charge is 2.33. The van der Waals surface area contributed by atoms with E-state index < -0.39 is 10.0 Å². The van der Waals surface area contributed by atoms with Gasteiger partial charge in [0.2, 0.25) is 15.9 Å². The quantitative estimate of drug-likeness (QED) is 0.520. The number of aromatic nitrogens is 2. The molecule has 0 unspecified atom stereocenters. The largest absolute Gasteiger partial charge is 0.335 e. The topological polar surface area (TPSA) is 75.5 Å². The summed E-state index contributed by atoms with van der Waals surface area (Å²) >= 11 is 0. The van der Waals surface area contributed by atoms with E-state index >= 15 is 0 Å². The summed E-state index contributed by atoms with van der Waals surface area (Å²) in [6.07, 6.45) is 2.55. The molecular weight excluding hydrogens is 431 g/mol. The molecule has 1 aromatic heterocycles. The Kier molecular flexibility index (Phi) is 6.05. The molecule has 7 nitrogen and oxygen atoms in total. The Morgan fingerprint density at radius 3 is 2.56 bits per heavy atom. The van der Waals surface area contributed by atoms with Crippen molar-refractivity contribution in [2.75, 3.05) is 14.1 Å². The summed E-state index contributed by atoms with van der Waals surface area (Å²) in [6.45, 7) is 0.268. The third-order valence-electron chi connectivity index (χ3n) is 5.89. The van der Waals surface area contributed by atoms with E-state index in [1.54, 1.807) is 41.3 Å². The fraction of sp³-hybridized carbons (Fsp3) is 0.391. The van der Waals surface area contributed by atoms with Crippen LogP contribution in [0.5, 0.6) is 0 Å². The smallest absolute Gasteiger partial charge is 0.242 e. The molecule has 0 N–H and O–H groups in total. The summed E-state index contributed by atoms with van der Waals surface area (Å²) in [6, 6.07) is 11.6. The summed E-state index contributed by atoms with van der Waals surface area (Å²) in [5.74, 6) is 0.373. The number of carbonyl (C=O) groups excluding carboxylic acids is 1. The van der Waals surface area contributed by atoms with Crippen molar-refractivity contribution in [2.45, 2.75) is 43.2 Å². The second kappa shape index (κ2) is 8.63. The highest BCUT2D eigenvalue weighted by atomic mass is 32.2. The van der Waals surface area contributed by atoms with E-state index in [1.165, 1.54) is 24.5 Å². The molecule has 1 saturated carbocycles. The Morgan fingerprint density at radius 1 is 1.19 bits per heavy atom. The van der Waals surface area contributed by atoms with Gasteiger partial charge in [-0.15, -0.1) is 0 Å². The van der Waals surface area contributed by atoms with Crippen LogP contribution in [0.3, 0.4) is 0 Å². The maximum Gasteiger partial charge on any atom is 0.242 e. The number of hydrogen-bond acceptors (Lipinski definition) is 4. The van der Waals surface area contributed by atoms with E-state index in [0.29, 0.717) is 23.3 Å². The van der Waals surface area contributed by atoms with Crippen molar-refractivity contribution in [3.63, 3.8) is 0 Å². The molecule has 0 bridgehead atoms. The zero-order valence-corrected chi connectivity index (χ0v) is 19.3. The van der Waals surface area contributed by atoms with Crippen LogP contribution in [0.15, 0.2) is 47.4 Å². The third-order valence-corrected chi connectivity index (χ3v) is 7.70. The Hall–Kier alpha value is -2.78. The van der Waals surface area contributed by atoms with Gasteiger partial charge in [-0.1, -0.05) is 18.2 Å². The minimum Gasteiger partial charge on any atom is -0.335 e. The van der Waals surface area contributed by atoms with Crippen LogP contribution in [-0.2, 0) is 34.8 Å². The first kappa shape index (κ1) is 22.4. The molecule has 32 heavy (non-hydrogen) atoms. The standard InChI is InChI=1S/C23H27FN4O3S/c1-26(2)32(30,31)18-10-11-21-20(14-18)25-22(27(21)3)12-13-23(29)28(17-8-9-17)15-16-6-4-5-7-19(16)24/h4-7,10-11,14,17H,8-9,12-13,15H2,1-3H3. The average molecular weight is 459 g/mol. The summed E-state index contributed by atoms with van der Waals surface area (Å²) in [5.41, 5.74) is 1.89. The Balaban J connectivity index is 1.51. The zero-order valence-electron chi connectivity index (χ0n) is 18.5. The van der Waals surface area contributed by atoms with E-state index in [-0.39, 0.29) is 35.6 Å². The average Bonchev–Trinajstić information content (AvgIpc) is 3.55. The van der Waals surface area contributed by atoms with Crippen molar-refractivity contribution in [2.24, 2.45) is 7.05 Å². The molecule has 1 fully saturated rings. The van der Waals surface area contributed by atoms with E-state index in [2.05, 4.69) is 4.98 Å². The van der Waals surface area contributed by atoms with Gasteiger partial charge in [0.15, 0.2) is 0 Å². The minimum atomic E-state index is -3.55. The van der Waals surface area contributed by atoms with Gasteiger partial charge in [-0.05, 0) is 37.1 Å². The van der Waals surface area contributed by atoms with Gasteiger partial charge in [-0.25, -0.2) is 22.1 Å². The molecule has 9 heteroatoms. The third kappa shape index (κ3) is 4.40. The lowest BCUT2D eigenvalue weighted by atomic mass is 10.1. The number of fused-ring (bicyclic) bond motifs is 1. The Bertz CT molecular complexity index is 1270. The van der Waals surface area contributed by atoms with Gasteiger partial charge < -0.3 is 9.47 Å². The summed E-state index contributed by atoms with van der Waals surface area (Å²) < 4.78 is 42.0. The summed E-state index contributed by atoms with van der Waals surface area (Å²) in [4.78, 5) is 19.5. The lowest BCUT2D eigenvalue weighted by Gasteiger charge is -2.23. The Morgan fingerprint density at radius 2 is 1.91 bits per heavy atom. The zero-order chi connectivity index (χ0) is 23.0. The monoisotopic (exact) mass is 458 g/mol. The molecule has 0 spiro atoms. The second-order valence-corrected chi connectivity index (χ2v) is 10.5. The fourth-order valence-corrected chi connectivity index (χ4v) is 4.73. The Labute approximate surface area is 187 Å². The van der Waals surface area contributed by atoms with Gasteiger partial charge in [0.25, 0.3) is 0 Å². The summed E-state index contributed by atoms with van der Waals surface area (Å²) in [7, 11) is 1.28. The first-order valence-corrected chi connectivity index (χ1v) is 12.0. The van der Waals surface area contributed by atoms with Crippen molar-refractivity contribution in [1.29, 1.82) is 0 Å². The van der Waals surface area contributed by atoms with Crippen LogP contribution >= 0.6 is 0 Å². The van der Waals surface area contributed by atoms with Crippen molar-refractivity contribution in [1.82, 2.24) is 18.8 Å². The maximum absolute atomic E-state index is 14.1. The predicted octanol–water partition coefficient (Wildman–Crippen LogP) is 3.09. The van der Waals surface area contributed by atoms with Crippen molar-refractivity contribution in [3.8, 4) is 0 Å². The van der Waals surface area contributed by atoms with Crippen LogP contribution in [0.1, 0.15) is 30.7 Å². The van der Waals surface area contributed by atoms with Gasteiger partial charge in [-0.3, -0.25) is 4.79 Å². The van der Waals surface area contributed by atoms with Crippen LogP contribution in [0.2, 0.25) is 0 Å². The number of nitrogens with zero attached hydrogens (tertiary/aromatic N) is 4. The number of hydrogen-bond donors (Lipinski definition) is 0. The molecule has 0 atom stereocenters. The van der Waals surface area contributed by atoms with Crippen molar-refractivity contribution in [3.05, 3.63) is 59.7 Å². The molecule has 2 aromatic carbocycles. The van der Waals surface area contributed by atoms with E-state index in [0.717, 1.165) is 18.4 Å². The number of rotatable bonds is 8. The van der Waals surface area contributed by atoms with Gasteiger partial charge in [0, 0.05) is 52.1 Å². The van der Waals surface area contributed by atoms with Gasteiger partial charge in [0.1, 0.15) is 11.6 Å². The van der Waals surface area contributed by atoms with E-state index in [9.17, 15) is 17.6 Å². The van der Waals surface area contributed by atoms with Crippen LogP contribution < -0.4 is 0 Å². The number of carbonyl (C=O) groups is 1. The number of halogens is 1. The molecule has 170 valence electrons. The number of amides is 1. The van der Waals surface area contributed by atoms with Crippen LogP contribution in [0.25, 0.3) is 11.0 Å². The molecule has 3 aromatic rings. The number of aryl methyl sites for hydroxylation is 2. The second-order valence-electron chi connectivity index (χ2n) is 8.37. The predicted molar refractivity (Wildman–Crippen MR) is 120 cm³/mol. The normalized spacial score (nSPS) is 14.3. The van der Waals surface area contributed by atoms with Gasteiger partial charge in [0.05, 0.1) is 15.9 Å². The van der Waals surface area contributed by atoms with E-state index in [1.807, 2.05) is 11.6 Å². The molecule has 4 rings (SSSR count). The maximum atomic E-state index is 14.1. The highest BCUT2D eigenvalue weighted by Crippen LogP contribution is 2.30. The molecule has 0 aliphatic heterocycles. The molecular formula is C23H27FN4O3S. The molecule has 1 amide bonds. The SMILES string of the molecule is CN(C)S(=O)(=O)c1ccc2c(c1)nc(CCC(=O)N(Cc1ccccc1F)C1CC1)n2C. The fourth-order valence-electron chi connectivity index (χ4n) is 3.80. The van der Waals surface area contributed by atoms with Crippen molar-refractivity contribution < 1.29 is 17.6 Å². The lowest BCUT2D eigenvalue weighted by molar-refractivity contribution is -0.132.